The Morgan fingerprint density at radius 2 is 2.00 bits per heavy atom. The van der Waals surface area contributed by atoms with Crippen molar-refractivity contribution >= 4 is 12.1 Å². The molecule has 0 saturated heterocycles. The van der Waals surface area contributed by atoms with Gasteiger partial charge in [0.05, 0.1) is 13.3 Å². The summed E-state index contributed by atoms with van der Waals surface area (Å²) in [5, 5.41) is 23.3. The van der Waals surface area contributed by atoms with E-state index in [1.165, 1.54) is 19.4 Å². The number of benzene rings is 2. The zero-order chi connectivity index (χ0) is 15.9. The number of aliphatic hydroxyl groups excluding tert-OH is 1. The molecule has 2 aromatic rings. The molecule has 22 heavy (non-hydrogen) atoms. The number of nitrogens with one attached hydrogen (secondary N) is 1. The van der Waals surface area contributed by atoms with E-state index in [0.29, 0.717) is 16.9 Å². The van der Waals surface area contributed by atoms with E-state index in [4.69, 9.17) is 4.74 Å². The van der Waals surface area contributed by atoms with Crippen molar-refractivity contribution in [2.24, 2.45) is 5.10 Å². The summed E-state index contributed by atoms with van der Waals surface area (Å²) < 4.78 is 4.97. The van der Waals surface area contributed by atoms with Crippen LogP contribution in [0.25, 0.3) is 0 Å². The summed E-state index contributed by atoms with van der Waals surface area (Å²) in [5.41, 5.74) is 3.11. The highest BCUT2D eigenvalue weighted by Crippen LogP contribution is 2.21. The third-order valence-corrected chi connectivity index (χ3v) is 2.98. The summed E-state index contributed by atoms with van der Waals surface area (Å²) in [4.78, 5) is 11.8. The topological polar surface area (TPSA) is 91.2 Å². The third kappa shape index (κ3) is 3.83. The molecule has 6 nitrogen and oxygen atoms in total. The fourth-order valence-electron chi connectivity index (χ4n) is 1.77. The van der Waals surface area contributed by atoms with Gasteiger partial charge in [-0.2, -0.15) is 5.10 Å². The van der Waals surface area contributed by atoms with Crippen LogP contribution in [0.4, 0.5) is 0 Å². The van der Waals surface area contributed by atoms with Crippen LogP contribution < -0.4 is 10.2 Å². The molecule has 0 radical (unpaired) electrons. The van der Waals surface area contributed by atoms with Gasteiger partial charge in [-0.1, -0.05) is 30.3 Å². The second-order valence-corrected chi connectivity index (χ2v) is 4.47. The number of aliphatic hydroxyl groups is 1. The lowest BCUT2D eigenvalue weighted by atomic mass is 10.1. The molecule has 2 rings (SSSR count). The number of ether oxygens (including phenoxy) is 1. The minimum absolute atomic E-state index is 0.0269. The number of hydrogen-bond acceptors (Lipinski definition) is 5. The Labute approximate surface area is 127 Å². The highest BCUT2D eigenvalue weighted by molar-refractivity contribution is 5.86. The van der Waals surface area contributed by atoms with Crippen molar-refractivity contribution in [2.45, 2.75) is 6.10 Å². The van der Waals surface area contributed by atoms with E-state index in [-0.39, 0.29) is 5.75 Å². The molecule has 1 amide bonds. The van der Waals surface area contributed by atoms with Crippen molar-refractivity contribution in [3.8, 4) is 11.5 Å². The maximum absolute atomic E-state index is 11.8. The molecule has 0 saturated carbocycles. The lowest BCUT2D eigenvalue weighted by Gasteiger charge is -2.08. The zero-order valence-corrected chi connectivity index (χ0v) is 11.9. The van der Waals surface area contributed by atoms with E-state index >= 15 is 0 Å². The number of hydrogen-bond donors (Lipinski definition) is 3. The standard InChI is InChI=1S/C16H16N2O4/c1-22-13-8-7-12(14(19)9-13)10-17-18-16(21)15(20)11-5-3-2-4-6-11/h2-10,15,19-20H,1H3,(H,18,21)/b17-10-/t15-/m1/s1. The number of carbonyl (C=O) groups is 1. The molecule has 0 aliphatic heterocycles. The summed E-state index contributed by atoms with van der Waals surface area (Å²) >= 11 is 0. The fourth-order valence-corrected chi connectivity index (χ4v) is 1.77. The first-order chi connectivity index (χ1) is 10.6. The number of methoxy groups -OCH3 is 1. The Morgan fingerprint density at radius 1 is 1.27 bits per heavy atom. The van der Waals surface area contributed by atoms with E-state index in [2.05, 4.69) is 10.5 Å². The second kappa shape index (κ2) is 7.24. The third-order valence-electron chi connectivity index (χ3n) is 2.98. The van der Waals surface area contributed by atoms with Gasteiger partial charge in [0, 0.05) is 11.6 Å². The molecule has 0 unspecified atom stereocenters. The highest BCUT2D eigenvalue weighted by Gasteiger charge is 2.15. The molecule has 2 aromatic carbocycles. The van der Waals surface area contributed by atoms with Crippen LogP contribution in [0, 0.1) is 0 Å². The Kier molecular flexibility index (Phi) is 5.11. The number of rotatable bonds is 5. The summed E-state index contributed by atoms with van der Waals surface area (Å²) in [5.74, 6) is -0.172. The molecule has 0 aliphatic rings. The van der Waals surface area contributed by atoms with Crippen LogP contribution in [0.1, 0.15) is 17.2 Å². The lowest BCUT2D eigenvalue weighted by Crippen LogP contribution is -2.25. The van der Waals surface area contributed by atoms with Crippen molar-refractivity contribution < 1.29 is 19.7 Å². The molecular formula is C16H16N2O4. The van der Waals surface area contributed by atoms with Crippen LogP contribution in [0.5, 0.6) is 11.5 Å². The van der Waals surface area contributed by atoms with Gasteiger partial charge in [0.1, 0.15) is 11.5 Å². The first-order valence-electron chi connectivity index (χ1n) is 6.54. The van der Waals surface area contributed by atoms with Crippen molar-refractivity contribution in [1.29, 1.82) is 0 Å². The first-order valence-corrected chi connectivity index (χ1v) is 6.54. The molecule has 0 bridgehead atoms. The van der Waals surface area contributed by atoms with Gasteiger partial charge in [-0.15, -0.1) is 0 Å². The van der Waals surface area contributed by atoms with Crippen molar-refractivity contribution in [3.63, 3.8) is 0 Å². The zero-order valence-electron chi connectivity index (χ0n) is 11.9. The predicted molar refractivity (Wildman–Crippen MR) is 81.8 cm³/mol. The first kappa shape index (κ1) is 15.5. The molecule has 3 N–H and O–H groups in total. The number of carbonyl (C=O) groups excluding carboxylic acids is 1. The minimum atomic E-state index is -1.30. The van der Waals surface area contributed by atoms with E-state index in [1.54, 1.807) is 42.5 Å². The lowest BCUT2D eigenvalue weighted by molar-refractivity contribution is -0.129. The Hall–Kier alpha value is -2.86. The molecule has 0 spiro atoms. The number of aromatic hydroxyl groups is 1. The summed E-state index contributed by atoms with van der Waals surface area (Å²) in [7, 11) is 1.49. The van der Waals surface area contributed by atoms with E-state index in [0.717, 1.165) is 0 Å². The van der Waals surface area contributed by atoms with E-state index < -0.39 is 12.0 Å². The van der Waals surface area contributed by atoms with E-state index in [1.807, 2.05) is 0 Å². The van der Waals surface area contributed by atoms with Gasteiger partial charge >= 0.3 is 0 Å². The molecule has 0 aliphatic carbocycles. The van der Waals surface area contributed by atoms with Crippen molar-refractivity contribution in [1.82, 2.24) is 5.43 Å². The fraction of sp³-hybridized carbons (Fsp3) is 0.125. The van der Waals surface area contributed by atoms with E-state index in [9.17, 15) is 15.0 Å². The number of hydrazone groups is 1. The smallest absolute Gasteiger partial charge is 0.273 e. The van der Waals surface area contributed by atoms with Crippen molar-refractivity contribution in [3.05, 3.63) is 59.7 Å². The molecule has 0 fully saturated rings. The van der Waals surface area contributed by atoms with Crippen LogP contribution in [-0.2, 0) is 4.79 Å². The Balaban J connectivity index is 1.99. The van der Waals surface area contributed by atoms with Gasteiger partial charge < -0.3 is 14.9 Å². The number of phenols is 1. The molecule has 6 heteroatoms. The summed E-state index contributed by atoms with van der Waals surface area (Å²) in [6.07, 6.45) is -0.0208. The number of phenolic OH excluding ortho intramolecular Hbond substituents is 1. The van der Waals surface area contributed by atoms with Crippen LogP contribution in [0.2, 0.25) is 0 Å². The molecule has 0 heterocycles. The van der Waals surface area contributed by atoms with Gasteiger partial charge in [0.15, 0.2) is 6.10 Å². The highest BCUT2D eigenvalue weighted by atomic mass is 16.5. The largest absolute Gasteiger partial charge is 0.507 e. The van der Waals surface area contributed by atoms with Crippen LogP contribution in [0.3, 0.4) is 0 Å². The summed E-state index contributed by atoms with van der Waals surface area (Å²) in [6, 6.07) is 13.2. The van der Waals surface area contributed by atoms with Gasteiger partial charge in [-0.3, -0.25) is 4.79 Å². The normalized spacial score (nSPS) is 12.1. The van der Waals surface area contributed by atoms with Gasteiger partial charge in [0.25, 0.3) is 5.91 Å². The van der Waals surface area contributed by atoms with Crippen LogP contribution in [0.15, 0.2) is 53.6 Å². The average molecular weight is 300 g/mol. The van der Waals surface area contributed by atoms with Crippen LogP contribution in [-0.4, -0.2) is 29.4 Å². The van der Waals surface area contributed by atoms with Gasteiger partial charge in [-0.25, -0.2) is 5.43 Å². The molecule has 0 aromatic heterocycles. The average Bonchev–Trinajstić information content (AvgIpc) is 2.56. The molecular weight excluding hydrogens is 284 g/mol. The van der Waals surface area contributed by atoms with Gasteiger partial charge in [-0.05, 0) is 17.7 Å². The van der Waals surface area contributed by atoms with Gasteiger partial charge in [0.2, 0.25) is 0 Å². The monoisotopic (exact) mass is 300 g/mol. The maximum Gasteiger partial charge on any atom is 0.273 e. The Bertz CT molecular complexity index is 671. The molecule has 114 valence electrons. The quantitative estimate of drug-likeness (QED) is 0.577. The molecule has 1 atom stereocenters. The predicted octanol–water partition coefficient (Wildman–Crippen LogP) is 1.58. The summed E-state index contributed by atoms with van der Waals surface area (Å²) in [6.45, 7) is 0. The Morgan fingerprint density at radius 3 is 2.64 bits per heavy atom. The van der Waals surface area contributed by atoms with Crippen molar-refractivity contribution in [2.75, 3.05) is 7.11 Å². The number of amides is 1. The minimum Gasteiger partial charge on any atom is -0.507 e. The van der Waals surface area contributed by atoms with Crippen LogP contribution >= 0.6 is 0 Å². The number of nitrogens with zero attached hydrogens (tertiary/aromatic N) is 1. The second-order valence-electron chi connectivity index (χ2n) is 4.47. The SMILES string of the molecule is COc1ccc(/C=N\NC(=O)[C@H](O)c2ccccc2)c(O)c1. The maximum atomic E-state index is 11.8.